The second-order valence-electron chi connectivity index (χ2n) is 12.8. The van der Waals surface area contributed by atoms with Crippen LogP contribution in [-0.4, -0.2) is 33.8 Å². The molecule has 0 amide bonds. The van der Waals surface area contributed by atoms with Gasteiger partial charge in [-0.3, -0.25) is 9.08 Å². The van der Waals surface area contributed by atoms with Crippen LogP contribution in [0.3, 0.4) is 0 Å². The third kappa shape index (κ3) is 5.68. The maximum Gasteiger partial charge on any atom is 0.175 e. The van der Waals surface area contributed by atoms with Gasteiger partial charge in [0.1, 0.15) is 16.9 Å². The molecule has 0 N–H and O–H groups in total. The SMILES string of the molecule is CS(=O)(=O)c1ccc(-c2nn(C(c3ccccc3)(c3ccccc3)C3C=CC=CC3)cc2-c2ccc3ncc(-c4ccc(C#N)cc4)n3c2)cc1. The van der Waals surface area contributed by atoms with E-state index >= 15 is 0 Å². The van der Waals surface area contributed by atoms with E-state index in [0.717, 1.165) is 56.8 Å². The first kappa shape index (κ1) is 31.9. The summed E-state index contributed by atoms with van der Waals surface area (Å²) in [6.07, 6.45) is 16.7. The van der Waals surface area contributed by atoms with Crippen LogP contribution in [0.4, 0.5) is 0 Å². The molecule has 1 unspecified atom stereocenters. The van der Waals surface area contributed by atoms with Crippen molar-refractivity contribution in [3.8, 4) is 39.7 Å². The van der Waals surface area contributed by atoms with Crippen molar-refractivity contribution in [3.63, 3.8) is 0 Å². The number of fused-ring (bicyclic) bond motifs is 1. The highest BCUT2D eigenvalue weighted by Gasteiger charge is 2.44. The van der Waals surface area contributed by atoms with Gasteiger partial charge in [-0.15, -0.1) is 0 Å². The molecule has 4 aromatic carbocycles. The molecule has 1 atom stereocenters. The van der Waals surface area contributed by atoms with Crippen LogP contribution in [0.25, 0.3) is 39.3 Å². The molecular formula is C43H33N5O2S. The Bertz CT molecular complexity index is 2540. The fourth-order valence-electron chi connectivity index (χ4n) is 7.21. The van der Waals surface area contributed by atoms with Gasteiger partial charge in [-0.05, 0) is 53.9 Å². The number of benzene rings is 4. The highest BCUT2D eigenvalue weighted by atomic mass is 32.2. The molecule has 0 fully saturated rings. The molecule has 51 heavy (non-hydrogen) atoms. The molecule has 3 aromatic heterocycles. The fourth-order valence-corrected chi connectivity index (χ4v) is 7.84. The lowest BCUT2D eigenvalue weighted by molar-refractivity contribution is 0.293. The van der Waals surface area contributed by atoms with Crippen molar-refractivity contribution in [2.45, 2.75) is 16.9 Å². The van der Waals surface area contributed by atoms with E-state index in [1.807, 2.05) is 60.8 Å². The van der Waals surface area contributed by atoms with Gasteiger partial charge >= 0.3 is 0 Å². The molecule has 3 heterocycles. The number of hydrogen-bond donors (Lipinski definition) is 0. The first-order valence-electron chi connectivity index (χ1n) is 16.7. The summed E-state index contributed by atoms with van der Waals surface area (Å²) < 4.78 is 29.0. The van der Waals surface area contributed by atoms with E-state index in [0.29, 0.717) is 5.56 Å². The smallest absolute Gasteiger partial charge is 0.175 e. The molecule has 0 spiro atoms. The Morgan fingerprint density at radius 2 is 1.41 bits per heavy atom. The minimum Gasteiger partial charge on any atom is -0.299 e. The zero-order chi connectivity index (χ0) is 35.0. The zero-order valence-corrected chi connectivity index (χ0v) is 28.7. The molecule has 0 saturated heterocycles. The minimum atomic E-state index is -3.39. The van der Waals surface area contributed by atoms with Crippen LogP contribution in [0.5, 0.6) is 0 Å². The maximum absolute atomic E-state index is 12.4. The molecule has 0 bridgehead atoms. The van der Waals surface area contributed by atoms with Gasteiger partial charge in [0.25, 0.3) is 0 Å². The van der Waals surface area contributed by atoms with Crippen molar-refractivity contribution in [2.24, 2.45) is 5.92 Å². The number of imidazole rings is 1. The molecule has 8 rings (SSSR count). The van der Waals surface area contributed by atoms with Crippen molar-refractivity contribution in [2.75, 3.05) is 6.26 Å². The summed E-state index contributed by atoms with van der Waals surface area (Å²) in [4.78, 5) is 4.93. The first-order chi connectivity index (χ1) is 24.9. The topological polar surface area (TPSA) is 93.0 Å². The molecule has 0 aliphatic heterocycles. The quantitative estimate of drug-likeness (QED) is 0.160. The average Bonchev–Trinajstić information content (AvgIpc) is 3.82. The van der Waals surface area contributed by atoms with Crippen LogP contribution in [0.2, 0.25) is 0 Å². The summed E-state index contributed by atoms with van der Waals surface area (Å²) in [5, 5.41) is 14.8. The summed E-state index contributed by atoms with van der Waals surface area (Å²) in [7, 11) is -3.39. The van der Waals surface area contributed by atoms with Gasteiger partial charge in [-0.25, -0.2) is 13.4 Å². The van der Waals surface area contributed by atoms with Crippen LogP contribution < -0.4 is 0 Å². The monoisotopic (exact) mass is 683 g/mol. The lowest BCUT2D eigenvalue weighted by Crippen LogP contribution is -2.43. The van der Waals surface area contributed by atoms with Crippen LogP contribution in [0.15, 0.2) is 169 Å². The van der Waals surface area contributed by atoms with E-state index < -0.39 is 15.4 Å². The minimum absolute atomic E-state index is 0.0274. The Morgan fingerprint density at radius 1 is 0.765 bits per heavy atom. The van der Waals surface area contributed by atoms with Gasteiger partial charge < -0.3 is 0 Å². The van der Waals surface area contributed by atoms with Gasteiger partial charge in [-0.2, -0.15) is 10.4 Å². The van der Waals surface area contributed by atoms with E-state index in [-0.39, 0.29) is 10.8 Å². The van der Waals surface area contributed by atoms with Crippen molar-refractivity contribution in [3.05, 3.63) is 181 Å². The third-order valence-corrected chi connectivity index (χ3v) is 10.8. The molecule has 1 aliphatic carbocycles. The second kappa shape index (κ2) is 12.9. The molecule has 1 aliphatic rings. The number of pyridine rings is 1. The van der Waals surface area contributed by atoms with E-state index in [1.165, 1.54) is 6.26 Å². The van der Waals surface area contributed by atoms with Crippen molar-refractivity contribution in [1.29, 1.82) is 5.26 Å². The summed E-state index contributed by atoms with van der Waals surface area (Å²) >= 11 is 0. The van der Waals surface area contributed by atoms with E-state index in [2.05, 4.69) is 111 Å². The van der Waals surface area contributed by atoms with E-state index in [1.54, 1.807) is 12.1 Å². The standard InChI is InChI=1S/C43H33N5O2S/c1-51(49,50)38-24-21-33(22-25-38)42-39(34-23-26-41-45-28-40(47(41)29-34)32-19-17-31(27-44)18-20-32)30-48(46-42)43(35-11-5-2-6-12-35,36-13-7-3-8-14-36)37-15-9-4-10-16-37/h2-15,17-26,28-30,37H,16H2,1H3. The summed E-state index contributed by atoms with van der Waals surface area (Å²) in [6.45, 7) is 0. The Morgan fingerprint density at radius 3 is 2.02 bits per heavy atom. The Hall–Kier alpha value is -6.30. The van der Waals surface area contributed by atoms with Crippen LogP contribution in [-0.2, 0) is 15.4 Å². The van der Waals surface area contributed by atoms with Gasteiger partial charge in [0.15, 0.2) is 9.84 Å². The maximum atomic E-state index is 12.4. The molecule has 8 heteroatoms. The molecule has 7 aromatic rings. The largest absolute Gasteiger partial charge is 0.299 e. The Balaban J connectivity index is 1.40. The van der Waals surface area contributed by atoms with E-state index in [4.69, 9.17) is 5.10 Å². The van der Waals surface area contributed by atoms with Crippen LogP contribution >= 0.6 is 0 Å². The van der Waals surface area contributed by atoms with Gasteiger partial charge in [0.05, 0.1) is 28.4 Å². The predicted molar refractivity (Wildman–Crippen MR) is 201 cm³/mol. The van der Waals surface area contributed by atoms with Crippen molar-refractivity contribution >= 4 is 15.5 Å². The summed E-state index contributed by atoms with van der Waals surface area (Å²) in [5.74, 6) is 0.0274. The number of nitrogens with zero attached hydrogens (tertiary/aromatic N) is 5. The zero-order valence-electron chi connectivity index (χ0n) is 27.8. The predicted octanol–water partition coefficient (Wildman–Crippen LogP) is 8.73. The normalized spacial score (nSPS) is 14.5. The molecule has 0 saturated carbocycles. The number of rotatable bonds is 8. The number of sulfone groups is 1. The molecule has 0 radical (unpaired) electrons. The van der Waals surface area contributed by atoms with Gasteiger partial charge in [-0.1, -0.05) is 109 Å². The second-order valence-corrected chi connectivity index (χ2v) is 14.8. The van der Waals surface area contributed by atoms with Crippen LogP contribution in [0.1, 0.15) is 23.1 Å². The Kier molecular flexibility index (Phi) is 8.06. The first-order valence-corrected chi connectivity index (χ1v) is 18.6. The highest BCUT2D eigenvalue weighted by Crippen LogP contribution is 2.46. The number of aromatic nitrogens is 4. The number of hydrogen-bond acceptors (Lipinski definition) is 5. The summed E-state index contributed by atoms with van der Waals surface area (Å²) in [5.41, 5.74) is 8.00. The lowest BCUT2D eigenvalue weighted by atomic mass is 9.70. The summed E-state index contributed by atoms with van der Waals surface area (Å²) in [6, 6.07) is 41.7. The van der Waals surface area contributed by atoms with Gasteiger partial charge in [0.2, 0.25) is 0 Å². The van der Waals surface area contributed by atoms with Crippen molar-refractivity contribution in [1.82, 2.24) is 19.2 Å². The lowest BCUT2D eigenvalue weighted by Gasteiger charge is -2.41. The number of nitriles is 1. The number of allylic oxidation sites excluding steroid dienone is 4. The van der Waals surface area contributed by atoms with Gasteiger partial charge in [0, 0.05) is 46.8 Å². The third-order valence-electron chi connectivity index (χ3n) is 9.70. The molecular weight excluding hydrogens is 651 g/mol. The van der Waals surface area contributed by atoms with E-state index in [9.17, 15) is 13.7 Å². The van der Waals surface area contributed by atoms with Crippen molar-refractivity contribution < 1.29 is 8.42 Å². The average molecular weight is 684 g/mol. The molecule has 248 valence electrons. The van der Waals surface area contributed by atoms with Crippen LogP contribution in [0, 0.1) is 17.2 Å². The fraction of sp³-hybridized carbons (Fsp3) is 0.0930. The molecule has 7 nitrogen and oxygen atoms in total. The Labute approximate surface area is 297 Å². The highest BCUT2D eigenvalue weighted by molar-refractivity contribution is 7.90.